The predicted molar refractivity (Wildman–Crippen MR) is 38.4 cm³/mol. The maximum atomic E-state index is 8.60. The van der Waals surface area contributed by atoms with Gasteiger partial charge >= 0.3 is 0 Å². The Morgan fingerprint density at radius 1 is 1.70 bits per heavy atom. The van der Waals surface area contributed by atoms with Gasteiger partial charge < -0.3 is 4.74 Å². The summed E-state index contributed by atoms with van der Waals surface area (Å²) in [4.78, 5) is 0. The van der Waals surface area contributed by atoms with Crippen molar-refractivity contribution in [2.45, 2.75) is 32.3 Å². The van der Waals surface area contributed by atoms with E-state index in [2.05, 4.69) is 13.0 Å². The van der Waals surface area contributed by atoms with E-state index in [4.69, 9.17) is 10.00 Å². The Bertz CT molecular complexity index is 139. The maximum absolute atomic E-state index is 8.60. The van der Waals surface area contributed by atoms with Crippen LogP contribution in [0.3, 0.4) is 0 Å². The molecule has 56 valence electrons. The maximum Gasteiger partial charge on any atom is 0.0657 e. The molecule has 2 atom stereocenters. The van der Waals surface area contributed by atoms with Gasteiger partial charge in [-0.25, -0.2) is 0 Å². The van der Waals surface area contributed by atoms with E-state index in [9.17, 15) is 0 Å². The van der Waals surface area contributed by atoms with E-state index in [-0.39, 0.29) is 5.92 Å². The molecule has 1 fully saturated rings. The Morgan fingerprint density at radius 2 is 2.50 bits per heavy atom. The number of nitriles is 1. The van der Waals surface area contributed by atoms with Crippen LogP contribution in [0.2, 0.25) is 0 Å². The van der Waals surface area contributed by atoms with E-state index in [1.54, 1.807) is 0 Å². The van der Waals surface area contributed by atoms with Gasteiger partial charge in [0.15, 0.2) is 0 Å². The van der Waals surface area contributed by atoms with E-state index >= 15 is 0 Å². The van der Waals surface area contributed by atoms with Crippen molar-refractivity contribution in [2.75, 3.05) is 6.61 Å². The van der Waals surface area contributed by atoms with Crippen molar-refractivity contribution in [3.05, 3.63) is 0 Å². The molecule has 10 heavy (non-hydrogen) atoms. The lowest BCUT2D eigenvalue weighted by molar-refractivity contribution is 0.000407. The molecule has 0 N–H and O–H groups in total. The first-order valence-electron chi connectivity index (χ1n) is 3.88. The van der Waals surface area contributed by atoms with Crippen LogP contribution in [0.15, 0.2) is 0 Å². The minimum absolute atomic E-state index is 0.249. The molecule has 0 bridgehead atoms. The molecule has 0 spiro atoms. The first-order valence-corrected chi connectivity index (χ1v) is 3.88. The zero-order valence-electron chi connectivity index (χ0n) is 6.34. The predicted octanol–water partition coefficient (Wildman–Crippen LogP) is 1.72. The summed E-state index contributed by atoms with van der Waals surface area (Å²) in [5.41, 5.74) is 0. The third-order valence-electron chi connectivity index (χ3n) is 2.01. The highest BCUT2D eigenvalue weighted by Crippen LogP contribution is 2.20. The Labute approximate surface area is 61.8 Å². The minimum atomic E-state index is 0.249. The van der Waals surface area contributed by atoms with E-state index in [0.29, 0.717) is 6.10 Å². The molecule has 0 radical (unpaired) electrons. The van der Waals surface area contributed by atoms with E-state index < -0.39 is 0 Å². The summed E-state index contributed by atoms with van der Waals surface area (Å²) in [6.07, 6.45) is 3.25. The second-order valence-electron chi connectivity index (χ2n) is 2.75. The van der Waals surface area contributed by atoms with Gasteiger partial charge in [-0.15, -0.1) is 0 Å². The summed E-state index contributed by atoms with van der Waals surface area (Å²) in [6, 6.07) is 2.29. The molecule has 1 aliphatic rings. The fourth-order valence-corrected chi connectivity index (χ4v) is 1.28. The molecule has 0 unspecified atom stereocenters. The Kier molecular flexibility index (Phi) is 2.70. The lowest BCUT2D eigenvalue weighted by atomic mass is 9.96. The zero-order chi connectivity index (χ0) is 7.40. The van der Waals surface area contributed by atoms with Crippen LogP contribution >= 0.6 is 0 Å². The van der Waals surface area contributed by atoms with Crippen LogP contribution < -0.4 is 0 Å². The molecule has 0 aromatic heterocycles. The van der Waals surface area contributed by atoms with E-state index in [1.807, 2.05) is 0 Å². The number of hydrogen-bond acceptors (Lipinski definition) is 2. The minimum Gasteiger partial charge on any atom is -0.378 e. The SMILES string of the molecule is CC[C@H]1C[C@@H](C#N)CCO1. The van der Waals surface area contributed by atoms with Crippen molar-refractivity contribution in [1.82, 2.24) is 0 Å². The highest BCUT2D eigenvalue weighted by Gasteiger charge is 2.20. The molecule has 1 saturated heterocycles. The van der Waals surface area contributed by atoms with Crippen LogP contribution in [-0.4, -0.2) is 12.7 Å². The molecule has 0 aromatic rings. The monoisotopic (exact) mass is 139 g/mol. The fourth-order valence-electron chi connectivity index (χ4n) is 1.28. The molecule has 1 aliphatic heterocycles. The van der Waals surface area contributed by atoms with Crippen molar-refractivity contribution >= 4 is 0 Å². The third kappa shape index (κ3) is 1.71. The van der Waals surface area contributed by atoms with Gasteiger partial charge in [0.25, 0.3) is 0 Å². The van der Waals surface area contributed by atoms with E-state index in [1.165, 1.54) is 0 Å². The molecular formula is C8H13NO. The van der Waals surface area contributed by atoms with Crippen molar-refractivity contribution in [3.8, 4) is 6.07 Å². The summed E-state index contributed by atoms with van der Waals surface area (Å²) < 4.78 is 5.41. The number of nitrogens with zero attached hydrogens (tertiary/aromatic N) is 1. The van der Waals surface area contributed by atoms with Crippen LogP contribution in [0.1, 0.15) is 26.2 Å². The molecule has 0 aromatic carbocycles. The lowest BCUT2D eigenvalue weighted by Crippen LogP contribution is -2.23. The molecule has 1 heterocycles. The van der Waals surface area contributed by atoms with Crippen LogP contribution in [0.4, 0.5) is 0 Å². The van der Waals surface area contributed by atoms with Gasteiger partial charge in [0.2, 0.25) is 0 Å². The highest BCUT2D eigenvalue weighted by atomic mass is 16.5. The molecule has 0 amide bonds. The van der Waals surface area contributed by atoms with Crippen LogP contribution in [0.25, 0.3) is 0 Å². The van der Waals surface area contributed by atoms with Gasteiger partial charge in [0, 0.05) is 6.61 Å². The van der Waals surface area contributed by atoms with Crippen molar-refractivity contribution in [1.29, 1.82) is 5.26 Å². The van der Waals surface area contributed by atoms with Crippen LogP contribution in [0.5, 0.6) is 0 Å². The van der Waals surface area contributed by atoms with Crippen LogP contribution in [0, 0.1) is 17.2 Å². The first-order chi connectivity index (χ1) is 4.86. The quantitative estimate of drug-likeness (QED) is 0.554. The van der Waals surface area contributed by atoms with Crippen LogP contribution in [-0.2, 0) is 4.74 Å². The molecule has 1 rings (SSSR count). The Balaban J connectivity index is 2.33. The van der Waals surface area contributed by atoms with Gasteiger partial charge in [-0.05, 0) is 19.3 Å². The summed E-state index contributed by atoms with van der Waals surface area (Å²) in [6.45, 7) is 2.88. The molecular weight excluding hydrogens is 126 g/mol. The van der Waals surface area contributed by atoms with E-state index in [0.717, 1.165) is 25.9 Å². The smallest absolute Gasteiger partial charge is 0.0657 e. The second-order valence-corrected chi connectivity index (χ2v) is 2.75. The van der Waals surface area contributed by atoms with Gasteiger partial charge in [-0.3, -0.25) is 0 Å². The standard InChI is InChI=1S/C8H13NO/c1-2-8-5-7(6-9)3-4-10-8/h7-8H,2-5H2,1H3/t7-,8-/m0/s1. The molecule has 0 aliphatic carbocycles. The Morgan fingerprint density at radius 3 is 3.10 bits per heavy atom. The number of ether oxygens (including phenoxy) is 1. The summed E-state index contributed by atoms with van der Waals surface area (Å²) in [7, 11) is 0. The highest BCUT2D eigenvalue weighted by molar-refractivity contribution is 4.86. The average molecular weight is 139 g/mol. The topological polar surface area (TPSA) is 33.0 Å². The molecule has 2 heteroatoms. The Hall–Kier alpha value is -0.550. The lowest BCUT2D eigenvalue weighted by Gasteiger charge is -2.24. The number of hydrogen-bond donors (Lipinski definition) is 0. The first kappa shape index (κ1) is 7.56. The fraction of sp³-hybridized carbons (Fsp3) is 0.875. The largest absolute Gasteiger partial charge is 0.378 e. The third-order valence-corrected chi connectivity index (χ3v) is 2.01. The zero-order valence-corrected chi connectivity index (χ0v) is 6.34. The van der Waals surface area contributed by atoms with Crippen molar-refractivity contribution in [2.24, 2.45) is 5.92 Å². The summed E-state index contributed by atoms with van der Waals surface area (Å²) >= 11 is 0. The van der Waals surface area contributed by atoms with Gasteiger partial charge in [0.1, 0.15) is 0 Å². The molecule has 0 saturated carbocycles. The average Bonchev–Trinajstić information content (AvgIpc) is 2.05. The normalized spacial score (nSPS) is 33.2. The molecule has 2 nitrogen and oxygen atoms in total. The van der Waals surface area contributed by atoms with Gasteiger partial charge in [-0.1, -0.05) is 6.92 Å². The number of rotatable bonds is 1. The van der Waals surface area contributed by atoms with Crippen molar-refractivity contribution < 1.29 is 4.74 Å². The van der Waals surface area contributed by atoms with Gasteiger partial charge in [0.05, 0.1) is 18.1 Å². The van der Waals surface area contributed by atoms with Gasteiger partial charge in [-0.2, -0.15) is 5.26 Å². The second kappa shape index (κ2) is 3.58. The summed E-state index contributed by atoms with van der Waals surface area (Å²) in [5, 5.41) is 8.60. The summed E-state index contributed by atoms with van der Waals surface area (Å²) in [5.74, 6) is 0.249. The van der Waals surface area contributed by atoms with Crippen molar-refractivity contribution in [3.63, 3.8) is 0 Å².